The Morgan fingerprint density at radius 3 is 2.57 bits per heavy atom. The van der Waals surface area contributed by atoms with Gasteiger partial charge < -0.3 is 19.7 Å². The average Bonchev–Trinajstić information content (AvgIpc) is 3.53. The van der Waals surface area contributed by atoms with E-state index in [1.165, 1.54) is 18.4 Å². The number of aliphatic hydroxyl groups is 1. The normalized spacial score (nSPS) is 41.5. The summed E-state index contributed by atoms with van der Waals surface area (Å²) in [7, 11) is 1.67. The summed E-state index contributed by atoms with van der Waals surface area (Å²) >= 11 is 0. The molecule has 5 heteroatoms. The number of likely N-dealkylation sites (tertiary alicyclic amines) is 1. The maximum absolute atomic E-state index is 12.2. The molecule has 2 saturated carbocycles. The van der Waals surface area contributed by atoms with E-state index >= 15 is 0 Å². The molecule has 5 aliphatic rings. The van der Waals surface area contributed by atoms with Crippen molar-refractivity contribution in [2.75, 3.05) is 20.2 Å². The van der Waals surface area contributed by atoms with Gasteiger partial charge in [-0.1, -0.05) is 39.7 Å². The van der Waals surface area contributed by atoms with E-state index in [0.29, 0.717) is 11.8 Å². The Bertz CT molecular complexity index is 1110. The van der Waals surface area contributed by atoms with Crippen LogP contribution in [0, 0.1) is 35.0 Å². The van der Waals surface area contributed by atoms with E-state index in [4.69, 9.17) is 15.9 Å². The van der Waals surface area contributed by atoms with Gasteiger partial charge in [0.15, 0.2) is 17.1 Å². The Morgan fingerprint density at radius 1 is 1.26 bits per heavy atom. The van der Waals surface area contributed by atoms with Crippen molar-refractivity contribution in [2.24, 2.45) is 22.7 Å². The number of hydrogen-bond acceptors (Lipinski definition) is 5. The predicted octanol–water partition coefficient (Wildman–Crippen LogP) is 4.27. The lowest BCUT2D eigenvalue weighted by Crippen LogP contribution is -2.79. The molecule has 0 radical (unpaired) electrons. The third kappa shape index (κ3) is 2.67. The summed E-state index contributed by atoms with van der Waals surface area (Å²) in [5, 5.41) is 23.2. The molecular weight excluding hydrogens is 438 g/mol. The molecule has 1 saturated heterocycles. The minimum atomic E-state index is -1.13. The molecule has 2 bridgehead atoms. The summed E-state index contributed by atoms with van der Waals surface area (Å²) in [4.78, 5) is 2.73. The predicted molar refractivity (Wildman–Crippen MR) is 135 cm³/mol. The highest BCUT2D eigenvalue weighted by Crippen LogP contribution is 2.73. The number of ether oxygens (including phenoxy) is 2. The Kier molecular flexibility index (Phi) is 4.71. The fourth-order valence-corrected chi connectivity index (χ4v) is 8.61. The van der Waals surface area contributed by atoms with Crippen LogP contribution in [-0.4, -0.2) is 58.7 Å². The van der Waals surface area contributed by atoms with Crippen molar-refractivity contribution >= 4 is 0 Å². The summed E-state index contributed by atoms with van der Waals surface area (Å²) in [6.45, 7) is 12.7. The zero-order valence-electron chi connectivity index (χ0n) is 22.1. The molecule has 2 N–H and O–H groups in total. The number of terminal acetylenes is 1. The van der Waals surface area contributed by atoms with Gasteiger partial charge >= 0.3 is 0 Å². The molecule has 2 heterocycles. The van der Waals surface area contributed by atoms with E-state index in [-0.39, 0.29) is 22.5 Å². The van der Waals surface area contributed by atoms with Crippen LogP contribution in [0.3, 0.4) is 0 Å². The molecule has 5 nitrogen and oxygen atoms in total. The minimum absolute atomic E-state index is 0.176. The number of hydrogen-bond donors (Lipinski definition) is 2. The first-order valence-corrected chi connectivity index (χ1v) is 13.4. The van der Waals surface area contributed by atoms with Crippen molar-refractivity contribution in [3.63, 3.8) is 0 Å². The third-order valence-electron chi connectivity index (χ3n) is 11.2. The second-order valence-corrected chi connectivity index (χ2v) is 13.5. The zero-order valence-corrected chi connectivity index (χ0v) is 22.1. The summed E-state index contributed by atoms with van der Waals surface area (Å²) < 4.78 is 13.1. The van der Waals surface area contributed by atoms with Gasteiger partial charge in [-0.2, -0.15) is 0 Å². The summed E-state index contributed by atoms with van der Waals surface area (Å²) in [6, 6.07) is 4.20. The van der Waals surface area contributed by atoms with Crippen molar-refractivity contribution in [2.45, 2.75) is 95.5 Å². The number of rotatable bonds is 4. The highest BCUT2D eigenvalue weighted by molar-refractivity contribution is 5.63. The molecule has 6 rings (SSSR count). The first-order valence-electron chi connectivity index (χ1n) is 13.4. The van der Waals surface area contributed by atoms with Crippen LogP contribution in [0.5, 0.6) is 11.5 Å². The van der Waals surface area contributed by atoms with Gasteiger partial charge in [0.1, 0.15) is 6.10 Å². The van der Waals surface area contributed by atoms with Gasteiger partial charge in [0.05, 0.1) is 5.60 Å². The number of aromatic hydroxyl groups is 1. The van der Waals surface area contributed by atoms with E-state index in [9.17, 15) is 10.2 Å². The van der Waals surface area contributed by atoms with E-state index in [2.05, 4.69) is 44.6 Å². The molecule has 3 fully saturated rings. The number of phenolic OH excluding ortho intramolecular Hbond substituents is 1. The molecular formula is C30H41NO4. The molecule has 1 spiro atoms. The molecule has 35 heavy (non-hydrogen) atoms. The molecule has 0 aromatic heterocycles. The Hall–Kier alpha value is -1.74. The molecule has 0 amide bonds. The van der Waals surface area contributed by atoms with Gasteiger partial charge in [0.25, 0.3) is 0 Å². The van der Waals surface area contributed by atoms with Crippen LogP contribution < -0.4 is 4.74 Å². The van der Waals surface area contributed by atoms with Gasteiger partial charge in [0, 0.05) is 36.6 Å². The van der Waals surface area contributed by atoms with E-state index in [0.717, 1.165) is 43.8 Å². The number of phenols is 1. The fraction of sp³-hybridized carbons (Fsp3) is 0.733. The van der Waals surface area contributed by atoms with Crippen molar-refractivity contribution < 1.29 is 19.7 Å². The van der Waals surface area contributed by atoms with E-state index in [1.807, 2.05) is 6.92 Å². The monoisotopic (exact) mass is 479 g/mol. The van der Waals surface area contributed by atoms with Gasteiger partial charge in [-0.3, -0.25) is 4.90 Å². The maximum atomic E-state index is 12.2. The number of benzene rings is 1. The van der Waals surface area contributed by atoms with Crippen LogP contribution in [0.2, 0.25) is 0 Å². The van der Waals surface area contributed by atoms with Crippen LogP contribution in [0.4, 0.5) is 0 Å². The standard InChI is InChI=1S/C30H41NO4/c1-8-30(34-7)21(28(6,33)26(2,3)4)16-27(5)22-15-19-11-12-20(32)24-23(19)29(27,25(30)35-24)13-14-31(22)17-18-9-10-18/h1,11-12,18,21-22,25,32-33H,9-10,13-17H2,2-7H3/t21-,22-,25-,27-,28+,29+,30?/m1/s1. The van der Waals surface area contributed by atoms with Crippen molar-refractivity contribution in [1.82, 2.24) is 4.90 Å². The summed E-state index contributed by atoms with van der Waals surface area (Å²) in [5.74, 6) is 4.28. The highest BCUT2D eigenvalue weighted by atomic mass is 16.6. The van der Waals surface area contributed by atoms with Gasteiger partial charge in [-0.05, 0) is 74.0 Å². The van der Waals surface area contributed by atoms with Crippen molar-refractivity contribution in [3.8, 4) is 23.8 Å². The number of piperidine rings is 1. The summed E-state index contributed by atoms with van der Waals surface area (Å²) in [6.07, 6.45) is 11.2. The lowest BCUT2D eigenvalue weighted by atomic mass is 9.38. The molecule has 3 aliphatic carbocycles. The number of nitrogens with zero attached hydrogens (tertiary/aromatic N) is 1. The first-order chi connectivity index (χ1) is 16.4. The quantitative estimate of drug-likeness (QED) is 0.632. The van der Waals surface area contributed by atoms with Crippen LogP contribution >= 0.6 is 0 Å². The van der Waals surface area contributed by atoms with Crippen LogP contribution in [0.25, 0.3) is 0 Å². The number of methoxy groups -OCH3 is 1. The second kappa shape index (κ2) is 6.97. The van der Waals surface area contributed by atoms with Crippen molar-refractivity contribution in [1.29, 1.82) is 0 Å². The molecule has 190 valence electrons. The Balaban J connectivity index is 1.61. The zero-order chi connectivity index (χ0) is 25.2. The third-order valence-corrected chi connectivity index (χ3v) is 11.2. The highest BCUT2D eigenvalue weighted by Gasteiger charge is 2.78. The smallest absolute Gasteiger partial charge is 0.170 e. The molecule has 1 aromatic rings. The largest absolute Gasteiger partial charge is 0.504 e. The van der Waals surface area contributed by atoms with Gasteiger partial charge in [-0.15, -0.1) is 6.42 Å². The molecule has 1 unspecified atom stereocenters. The Labute approximate surface area is 210 Å². The van der Waals surface area contributed by atoms with Crippen LogP contribution in [0.1, 0.15) is 71.4 Å². The molecule has 1 aromatic carbocycles. The second-order valence-electron chi connectivity index (χ2n) is 13.5. The van der Waals surface area contributed by atoms with Crippen LogP contribution in [0.15, 0.2) is 12.1 Å². The maximum Gasteiger partial charge on any atom is 0.170 e. The lowest BCUT2D eigenvalue weighted by molar-refractivity contribution is -0.256. The molecule has 2 aliphatic heterocycles. The summed E-state index contributed by atoms with van der Waals surface area (Å²) in [5.41, 5.74) is -0.781. The average molecular weight is 480 g/mol. The SMILES string of the molecule is C#CC1(OC)[C@@H]([C@](C)(O)C(C)(C)C)C[C@]2(C)[C@H]3Cc4ccc(O)c5c4[C@@]2(CCN3CC2CC2)[C@H]1O5. The van der Waals surface area contributed by atoms with E-state index < -0.39 is 22.7 Å². The van der Waals surface area contributed by atoms with Crippen molar-refractivity contribution in [3.05, 3.63) is 23.3 Å². The topological polar surface area (TPSA) is 62.2 Å². The van der Waals surface area contributed by atoms with Gasteiger partial charge in [0.2, 0.25) is 0 Å². The lowest BCUT2D eigenvalue weighted by Gasteiger charge is -2.70. The van der Waals surface area contributed by atoms with Gasteiger partial charge in [-0.25, -0.2) is 0 Å². The Morgan fingerprint density at radius 2 is 1.97 bits per heavy atom. The first kappa shape index (κ1) is 23.6. The fourth-order valence-electron chi connectivity index (χ4n) is 8.61. The minimum Gasteiger partial charge on any atom is -0.504 e. The molecule has 7 atom stereocenters. The van der Waals surface area contributed by atoms with Crippen LogP contribution in [-0.2, 0) is 16.6 Å². The van der Waals surface area contributed by atoms with E-state index in [1.54, 1.807) is 13.2 Å².